The van der Waals surface area contributed by atoms with Crippen LogP contribution < -0.4 is 0 Å². The molecule has 0 bridgehead atoms. The second-order valence-electron chi connectivity index (χ2n) is 7.33. The third kappa shape index (κ3) is 3.71. The van der Waals surface area contributed by atoms with E-state index in [0.29, 0.717) is 11.8 Å². The Morgan fingerprint density at radius 2 is 1.60 bits per heavy atom. The van der Waals surface area contributed by atoms with E-state index in [2.05, 4.69) is 74.3 Å². The molecule has 0 spiro atoms. The fourth-order valence-corrected chi connectivity index (χ4v) is 2.74. The van der Waals surface area contributed by atoms with Crippen molar-refractivity contribution >= 4 is 6.08 Å². The van der Waals surface area contributed by atoms with Crippen molar-refractivity contribution in [2.45, 2.75) is 40.0 Å². The molecule has 0 amide bonds. The Morgan fingerprint density at radius 3 is 2.24 bits per heavy atom. The molecule has 0 aliphatic heterocycles. The van der Waals surface area contributed by atoms with E-state index in [0.717, 1.165) is 22.3 Å². The number of nitrogens with zero attached hydrogens (tertiary/aromatic N) is 2. The zero-order valence-corrected chi connectivity index (χ0v) is 15.5. The molecule has 3 heteroatoms. The largest absolute Gasteiger partial charge is 0.416 e. The second kappa shape index (κ2) is 6.67. The third-order valence-electron chi connectivity index (χ3n) is 4.21. The van der Waals surface area contributed by atoms with E-state index in [4.69, 9.17) is 4.42 Å². The van der Waals surface area contributed by atoms with Crippen molar-refractivity contribution in [1.82, 2.24) is 10.2 Å². The van der Waals surface area contributed by atoms with Gasteiger partial charge in [-0.3, -0.25) is 0 Å². The van der Waals surface area contributed by atoms with Crippen LogP contribution in [0.4, 0.5) is 0 Å². The van der Waals surface area contributed by atoms with E-state index in [1.165, 1.54) is 5.56 Å². The number of hydrogen-bond acceptors (Lipinski definition) is 3. The fraction of sp³-hybridized carbons (Fsp3) is 0.273. The molecule has 3 nitrogen and oxygen atoms in total. The first-order valence-electron chi connectivity index (χ1n) is 8.56. The van der Waals surface area contributed by atoms with Crippen LogP contribution in [0.2, 0.25) is 0 Å². The van der Waals surface area contributed by atoms with Crippen molar-refractivity contribution in [2.24, 2.45) is 0 Å². The Morgan fingerprint density at radius 1 is 0.920 bits per heavy atom. The summed E-state index contributed by atoms with van der Waals surface area (Å²) in [4.78, 5) is 0. The van der Waals surface area contributed by atoms with Crippen LogP contribution in [-0.4, -0.2) is 10.2 Å². The van der Waals surface area contributed by atoms with E-state index in [-0.39, 0.29) is 5.41 Å². The van der Waals surface area contributed by atoms with E-state index >= 15 is 0 Å². The van der Waals surface area contributed by atoms with Crippen molar-refractivity contribution in [3.8, 4) is 22.9 Å². The minimum absolute atomic E-state index is 0.126. The molecule has 0 saturated heterocycles. The zero-order chi connectivity index (χ0) is 18.0. The maximum Gasteiger partial charge on any atom is 0.248 e. The molecule has 0 unspecified atom stereocenters. The average molecular weight is 332 g/mol. The topological polar surface area (TPSA) is 38.9 Å². The normalized spacial score (nSPS) is 12.0. The first-order chi connectivity index (χ1) is 11.9. The van der Waals surface area contributed by atoms with Crippen molar-refractivity contribution in [2.75, 3.05) is 0 Å². The standard InChI is InChI=1S/C22H24N2O/c1-6-7-16-9-8-15(2)14-19(16)21-24-23-20(25-21)17-10-12-18(13-11-17)22(3,4)5/h6-14H,1-5H3. The lowest BCUT2D eigenvalue weighted by Crippen LogP contribution is -2.10. The van der Waals surface area contributed by atoms with Gasteiger partial charge in [-0.1, -0.05) is 62.8 Å². The summed E-state index contributed by atoms with van der Waals surface area (Å²) in [6.45, 7) is 10.7. The lowest BCUT2D eigenvalue weighted by molar-refractivity contribution is 0.582. The van der Waals surface area contributed by atoms with Gasteiger partial charge in [0.1, 0.15) is 0 Å². The molecule has 128 valence electrons. The van der Waals surface area contributed by atoms with E-state index in [9.17, 15) is 0 Å². The first-order valence-corrected chi connectivity index (χ1v) is 8.56. The lowest BCUT2D eigenvalue weighted by Gasteiger charge is -2.18. The summed E-state index contributed by atoms with van der Waals surface area (Å²) in [5, 5.41) is 8.51. The van der Waals surface area contributed by atoms with Gasteiger partial charge in [0.2, 0.25) is 11.8 Å². The minimum atomic E-state index is 0.126. The summed E-state index contributed by atoms with van der Waals surface area (Å²) in [5.74, 6) is 1.09. The van der Waals surface area contributed by atoms with Crippen LogP contribution >= 0.6 is 0 Å². The summed E-state index contributed by atoms with van der Waals surface area (Å²) >= 11 is 0. The van der Waals surface area contributed by atoms with Crippen LogP contribution in [0, 0.1) is 6.92 Å². The maximum atomic E-state index is 5.97. The molecule has 2 aromatic carbocycles. The van der Waals surface area contributed by atoms with E-state index < -0.39 is 0 Å². The van der Waals surface area contributed by atoms with Gasteiger partial charge < -0.3 is 4.42 Å². The SMILES string of the molecule is CC=Cc1ccc(C)cc1-c1nnc(-c2ccc(C(C)(C)C)cc2)o1. The molecule has 0 aliphatic carbocycles. The molecule has 25 heavy (non-hydrogen) atoms. The predicted molar refractivity (Wildman–Crippen MR) is 103 cm³/mol. The van der Waals surface area contributed by atoms with Crippen molar-refractivity contribution in [3.63, 3.8) is 0 Å². The Labute approximate surface area is 149 Å². The van der Waals surface area contributed by atoms with Crippen LogP contribution in [0.3, 0.4) is 0 Å². The van der Waals surface area contributed by atoms with Gasteiger partial charge in [0.25, 0.3) is 0 Å². The highest BCUT2D eigenvalue weighted by Crippen LogP contribution is 2.29. The molecule has 0 fully saturated rings. The van der Waals surface area contributed by atoms with Gasteiger partial charge in [0.05, 0.1) is 0 Å². The summed E-state index contributed by atoms with van der Waals surface area (Å²) in [6, 6.07) is 14.6. The molecule has 0 saturated carbocycles. The van der Waals surface area contributed by atoms with Gasteiger partial charge in [-0.15, -0.1) is 10.2 Å². The zero-order valence-electron chi connectivity index (χ0n) is 15.5. The maximum absolute atomic E-state index is 5.97. The Kier molecular flexibility index (Phi) is 4.58. The molecule has 0 radical (unpaired) electrons. The molecular formula is C22H24N2O. The Bertz CT molecular complexity index is 897. The molecule has 0 aliphatic rings. The van der Waals surface area contributed by atoms with Crippen LogP contribution in [0.1, 0.15) is 44.4 Å². The summed E-state index contributed by atoms with van der Waals surface area (Å²) in [6.07, 6.45) is 4.06. The molecular weight excluding hydrogens is 308 g/mol. The van der Waals surface area contributed by atoms with Crippen molar-refractivity contribution in [3.05, 3.63) is 65.2 Å². The number of benzene rings is 2. The van der Waals surface area contributed by atoms with E-state index in [1.807, 2.05) is 25.1 Å². The van der Waals surface area contributed by atoms with Crippen LogP contribution in [-0.2, 0) is 5.41 Å². The van der Waals surface area contributed by atoms with E-state index in [1.54, 1.807) is 0 Å². The predicted octanol–water partition coefficient (Wildman–Crippen LogP) is 6.04. The number of allylic oxidation sites excluding steroid dienone is 1. The van der Waals surface area contributed by atoms with Gasteiger partial charge in [0, 0.05) is 11.1 Å². The lowest BCUT2D eigenvalue weighted by atomic mass is 9.87. The highest BCUT2D eigenvalue weighted by Gasteiger charge is 2.16. The third-order valence-corrected chi connectivity index (χ3v) is 4.21. The number of rotatable bonds is 3. The first kappa shape index (κ1) is 17.2. The van der Waals surface area contributed by atoms with Gasteiger partial charge in [-0.05, 0) is 48.6 Å². The number of aromatic nitrogens is 2. The highest BCUT2D eigenvalue weighted by molar-refractivity contribution is 5.71. The summed E-state index contributed by atoms with van der Waals surface area (Å²) in [5.41, 5.74) is 5.55. The van der Waals surface area contributed by atoms with Crippen LogP contribution in [0.5, 0.6) is 0 Å². The monoisotopic (exact) mass is 332 g/mol. The van der Waals surface area contributed by atoms with Crippen molar-refractivity contribution in [1.29, 1.82) is 0 Å². The molecule has 0 N–H and O–H groups in total. The highest BCUT2D eigenvalue weighted by atomic mass is 16.4. The average Bonchev–Trinajstić information content (AvgIpc) is 3.06. The summed E-state index contributed by atoms with van der Waals surface area (Å²) < 4.78 is 5.97. The minimum Gasteiger partial charge on any atom is -0.416 e. The quantitative estimate of drug-likeness (QED) is 0.586. The van der Waals surface area contributed by atoms with Gasteiger partial charge in [0.15, 0.2) is 0 Å². The number of hydrogen-bond donors (Lipinski definition) is 0. The van der Waals surface area contributed by atoms with Gasteiger partial charge in [-0.25, -0.2) is 0 Å². The molecule has 1 aromatic heterocycles. The Balaban J connectivity index is 1.97. The summed E-state index contributed by atoms with van der Waals surface area (Å²) in [7, 11) is 0. The molecule has 3 aromatic rings. The molecule has 0 atom stereocenters. The Hall–Kier alpha value is -2.68. The van der Waals surface area contributed by atoms with Gasteiger partial charge >= 0.3 is 0 Å². The smallest absolute Gasteiger partial charge is 0.248 e. The number of aryl methyl sites for hydroxylation is 1. The van der Waals surface area contributed by atoms with Crippen molar-refractivity contribution < 1.29 is 4.42 Å². The molecule has 3 rings (SSSR count). The second-order valence-corrected chi connectivity index (χ2v) is 7.33. The van der Waals surface area contributed by atoms with Crippen LogP contribution in [0.15, 0.2) is 53.0 Å². The fourth-order valence-electron chi connectivity index (χ4n) is 2.74. The molecule has 1 heterocycles. The van der Waals surface area contributed by atoms with Crippen LogP contribution in [0.25, 0.3) is 29.0 Å². The van der Waals surface area contributed by atoms with Gasteiger partial charge in [-0.2, -0.15) is 0 Å².